The number of carbonyl (C=O) groups is 1. The number of amides is 1. The van der Waals surface area contributed by atoms with Crippen LogP contribution < -0.4 is 10.6 Å². The van der Waals surface area contributed by atoms with Crippen molar-refractivity contribution in [3.8, 4) is 0 Å². The zero-order valence-electron chi connectivity index (χ0n) is 16.5. The van der Waals surface area contributed by atoms with Gasteiger partial charge in [0.25, 0.3) is 0 Å². The summed E-state index contributed by atoms with van der Waals surface area (Å²) in [6, 6.07) is 11.1. The molecule has 1 aromatic carbocycles. The number of ether oxygens (including phenoxy) is 1. The summed E-state index contributed by atoms with van der Waals surface area (Å²) < 4.78 is 4.81. The minimum absolute atomic E-state index is 0.231. The van der Waals surface area contributed by atoms with Crippen molar-refractivity contribution in [1.29, 1.82) is 0 Å². The summed E-state index contributed by atoms with van der Waals surface area (Å²) >= 11 is 0. The van der Waals surface area contributed by atoms with Crippen molar-refractivity contribution in [1.82, 2.24) is 15.5 Å². The van der Waals surface area contributed by atoms with Crippen LogP contribution >= 0.6 is 0 Å². The highest BCUT2D eigenvalue weighted by atomic mass is 16.5. The molecule has 1 amide bonds. The average molecular weight is 373 g/mol. The number of piperidine rings is 1. The Morgan fingerprint density at radius 2 is 1.96 bits per heavy atom. The smallest absolute Gasteiger partial charge is 0.409 e. The van der Waals surface area contributed by atoms with E-state index in [0.29, 0.717) is 11.5 Å². The molecule has 1 saturated heterocycles. The van der Waals surface area contributed by atoms with Crippen LogP contribution in [-0.2, 0) is 11.2 Å². The highest BCUT2D eigenvalue weighted by molar-refractivity contribution is 5.80. The van der Waals surface area contributed by atoms with Gasteiger partial charge in [0, 0.05) is 32.2 Å². The Morgan fingerprint density at radius 3 is 2.56 bits per heavy atom. The van der Waals surface area contributed by atoms with Gasteiger partial charge in [-0.3, -0.25) is 4.99 Å². The zero-order valence-corrected chi connectivity index (χ0v) is 16.5. The van der Waals surface area contributed by atoms with Crippen molar-refractivity contribution in [2.75, 3.05) is 33.3 Å². The minimum Gasteiger partial charge on any atom is -0.453 e. The van der Waals surface area contributed by atoms with Crippen molar-refractivity contribution < 1.29 is 9.53 Å². The molecule has 1 heterocycles. The predicted octanol–water partition coefficient (Wildman–Crippen LogP) is 2.80. The third kappa shape index (κ3) is 5.62. The predicted molar refractivity (Wildman–Crippen MR) is 108 cm³/mol. The van der Waals surface area contributed by atoms with E-state index < -0.39 is 0 Å². The molecule has 148 valence electrons. The van der Waals surface area contributed by atoms with Crippen molar-refractivity contribution in [3.05, 3.63) is 35.9 Å². The number of methoxy groups -OCH3 is 1. The van der Waals surface area contributed by atoms with E-state index in [0.717, 1.165) is 51.4 Å². The maximum Gasteiger partial charge on any atom is 0.409 e. The van der Waals surface area contributed by atoms with Gasteiger partial charge in [0.15, 0.2) is 5.96 Å². The van der Waals surface area contributed by atoms with Gasteiger partial charge in [-0.25, -0.2) is 4.79 Å². The molecule has 1 aliphatic heterocycles. The SMILES string of the molecule is CCNC(=NCC1(Cc2ccccc2)CC1)NC1CCN(C(=O)OC)CC1. The largest absolute Gasteiger partial charge is 0.453 e. The Bertz CT molecular complexity index is 635. The van der Waals surface area contributed by atoms with E-state index in [1.165, 1.54) is 25.5 Å². The summed E-state index contributed by atoms with van der Waals surface area (Å²) in [4.78, 5) is 18.3. The molecule has 2 fully saturated rings. The van der Waals surface area contributed by atoms with Gasteiger partial charge in [0.05, 0.1) is 7.11 Å². The number of aliphatic imine (C=N–C) groups is 1. The van der Waals surface area contributed by atoms with Crippen LogP contribution in [0.3, 0.4) is 0 Å². The molecule has 0 atom stereocenters. The quantitative estimate of drug-likeness (QED) is 0.595. The molecule has 0 spiro atoms. The summed E-state index contributed by atoms with van der Waals surface area (Å²) in [5.74, 6) is 0.897. The number of nitrogens with one attached hydrogen (secondary N) is 2. The van der Waals surface area contributed by atoms with Gasteiger partial charge in [-0.15, -0.1) is 0 Å². The monoisotopic (exact) mass is 372 g/mol. The molecule has 0 unspecified atom stereocenters. The number of likely N-dealkylation sites (tertiary alicyclic amines) is 1. The Balaban J connectivity index is 1.52. The average Bonchev–Trinajstić information content (AvgIpc) is 3.46. The van der Waals surface area contributed by atoms with Crippen molar-refractivity contribution >= 4 is 12.1 Å². The molecule has 1 saturated carbocycles. The molecule has 0 aromatic heterocycles. The van der Waals surface area contributed by atoms with E-state index in [9.17, 15) is 4.79 Å². The molecule has 0 radical (unpaired) electrons. The van der Waals surface area contributed by atoms with Crippen LogP contribution in [0, 0.1) is 5.41 Å². The van der Waals surface area contributed by atoms with Crippen molar-refractivity contribution in [3.63, 3.8) is 0 Å². The summed E-state index contributed by atoms with van der Waals surface area (Å²) in [6.07, 6.45) is 5.20. The van der Waals surface area contributed by atoms with Crippen molar-refractivity contribution in [2.24, 2.45) is 10.4 Å². The fourth-order valence-electron chi connectivity index (χ4n) is 3.69. The van der Waals surface area contributed by atoms with Crippen molar-refractivity contribution in [2.45, 2.75) is 45.1 Å². The maximum absolute atomic E-state index is 11.6. The second-order valence-corrected chi connectivity index (χ2v) is 7.73. The van der Waals surface area contributed by atoms with Gasteiger partial charge in [0.1, 0.15) is 0 Å². The standard InChI is InChI=1S/C21H32N4O2/c1-3-22-19(24-18-9-13-25(14-10-18)20(26)27-2)23-16-21(11-12-21)15-17-7-5-4-6-8-17/h4-8,18H,3,9-16H2,1-2H3,(H2,22,23,24). The molecule has 2 N–H and O–H groups in total. The Hall–Kier alpha value is -2.24. The number of carbonyl (C=O) groups excluding carboxylic acids is 1. The minimum atomic E-state index is -0.231. The summed E-state index contributed by atoms with van der Waals surface area (Å²) in [7, 11) is 1.44. The first-order valence-electron chi connectivity index (χ1n) is 10.1. The fourth-order valence-corrected chi connectivity index (χ4v) is 3.69. The van der Waals surface area contributed by atoms with E-state index in [1.54, 1.807) is 4.90 Å². The molecule has 6 nitrogen and oxygen atoms in total. The summed E-state index contributed by atoms with van der Waals surface area (Å²) in [5.41, 5.74) is 1.73. The topological polar surface area (TPSA) is 66.0 Å². The number of guanidine groups is 1. The highest BCUT2D eigenvalue weighted by Gasteiger charge is 2.42. The van der Waals surface area contributed by atoms with Crippen LogP contribution in [0.1, 0.15) is 38.2 Å². The molecule has 2 aliphatic rings. The molecule has 1 aromatic rings. The molecule has 6 heteroatoms. The Labute approximate surface area is 162 Å². The van der Waals surface area contributed by atoms with Crippen LogP contribution in [0.15, 0.2) is 35.3 Å². The van der Waals surface area contributed by atoms with Gasteiger partial charge < -0.3 is 20.3 Å². The number of hydrogen-bond donors (Lipinski definition) is 2. The number of rotatable bonds is 6. The van der Waals surface area contributed by atoms with Gasteiger partial charge in [-0.2, -0.15) is 0 Å². The van der Waals surface area contributed by atoms with Crippen LogP contribution in [-0.4, -0.2) is 56.3 Å². The van der Waals surface area contributed by atoms with Crippen LogP contribution in [0.5, 0.6) is 0 Å². The van der Waals surface area contributed by atoms with Gasteiger partial charge in [-0.1, -0.05) is 30.3 Å². The van der Waals surface area contributed by atoms with Crippen LogP contribution in [0.4, 0.5) is 4.79 Å². The number of hydrogen-bond acceptors (Lipinski definition) is 3. The normalized spacial score (nSPS) is 19.5. The zero-order chi connectivity index (χ0) is 19.1. The molecule has 27 heavy (non-hydrogen) atoms. The first kappa shape index (κ1) is 19.5. The Kier molecular flexibility index (Phi) is 6.58. The van der Waals surface area contributed by atoms with E-state index >= 15 is 0 Å². The molecular formula is C21H32N4O2. The second-order valence-electron chi connectivity index (χ2n) is 7.73. The lowest BCUT2D eigenvalue weighted by Gasteiger charge is -2.32. The van der Waals surface area contributed by atoms with Gasteiger partial charge in [-0.05, 0) is 50.0 Å². The van der Waals surface area contributed by atoms with Gasteiger partial charge >= 0.3 is 6.09 Å². The number of benzene rings is 1. The molecule has 1 aliphatic carbocycles. The molecule has 0 bridgehead atoms. The van der Waals surface area contributed by atoms with Crippen LogP contribution in [0.25, 0.3) is 0 Å². The first-order valence-corrected chi connectivity index (χ1v) is 10.1. The lowest BCUT2D eigenvalue weighted by Crippen LogP contribution is -2.50. The first-order chi connectivity index (χ1) is 13.1. The maximum atomic E-state index is 11.6. The highest BCUT2D eigenvalue weighted by Crippen LogP contribution is 2.48. The summed E-state index contributed by atoms with van der Waals surface area (Å²) in [5, 5.41) is 6.93. The van der Waals surface area contributed by atoms with Crippen LogP contribution in [0.2, 0.25) is 0 Å². The lowest BCUT2D eigenvalue weighted by molar-refractivity contribution is 0.111. The number of nitrogens with zero attached hydrogens (tertiary/aromatic N) is 2. The van der Waals surface area contributed by atoms with Gasteiger partial charge in [0.2, 0.25) is 0 Å². The second kappa shape index (κ2) is 9.11. The third-order valence-corrected chi connectivity index (χ3v) is 5.56. The lowest BCUT2D eigenvalue weighted by atomic mass is 9.97. The van der Waals surface area contributed by atoms with E-state index in [1.807, 2.05) is 0 Å². The Morgan fingerprint density at radius 1 is 1.26 bits per heavy atom. The molecule has 3 rings (SSSR count). The van der Waals surface area contributed by atoms with E-state index in [-0.39, 0.29) is 6.09 Å². The fraction of sp³-hybridized carbons (Fsp3) is 0.619. The van der Waals surface area contributed by atoms with E-state index in [2.05, 4.69) is 47.9 Å². The summed E-state index contributed by atoms with van der Waals surface area (Å²) in [6.45, 7) is 5.24. The third-order valence-electron chi connectivity index (χ3n) is 5.56. The van der Waals surface area contributed by atoms with E-state index in [4.69, 9.17) is 9.73 Å². The molecular weight excluding hydrogens is 340 g/mol.